The third-order valence-corrected chi connectivity index (χ3v) is 5.12. The van der Waals surface area contributed by atoms with Crippen molar-refractivity contribution in [1.82, 2.24) is 4.98 Å². The predicted octanol–water partition coefficient (Wildman–Crippen LogP) is 4.23. The van der Waals surface area contributed by atoms with Crippen molar-refractivity contribution in [2.75, 3.05) is 14.2 Å². The second-order valence-corrected chi connectivity index (χ2v) is 6.76. The maximum Gasteiger partial charge on any atom is 0.311 e. The summed E-state index contributed by atoms with van der Waals surface area (Å²) in [5.74, 6) is -0.986. The number of rotatable bonds is 7. The van der Waals surface area contributed by atoms with Gasteiger partial charge >= 0.3 is 5.69 Å². The van der Waals surface area contributed by atoms with Crippen LogP contribution < -0.4 is 9.47 Å². The van der Waals surface area contributed by atoms with Crippen LogP contribution in [0.5, 0.6) is 11.5 Å². The molecule has 0 amide bonds. The summed E-state index contributed by atoms with van der Waals surface area (Å²) in [7, 11) is 2.88. The molecule has 0 spiro atoms. The highest BCUT2D eigenvalue weighted by molar-refractivity contribution is 7.10. The molecule has 1 heterocycles. The molecule has 3 aromatic rings. The van der Waals surface area contributed by atoms with Crippen molar-refractivity contribution >= 4 is 22.8 Å². The minimum Gasteiger partial charge on any atom is -0.497 e. The molecule has 3 rings (SSSR count). The minimum atomic E-state index is -1.17. The summed E-state index contributed by atoms with van der Waals surface area (Å²) >= 11 is 1.18. The number of thiazole rings is 1. The maximum atomic E-state index is 12.8. The highest BCUT2D eigenvalue weighted by Gasteiger charge is 2.27. The van der Waals surface area contributed by atoms with Gasteiger partial charge in [-0.2, -0.15) is 5.26 Å². The lowest BCUT2D eigenvalue weighted by atomic mass is 9.98. The Hall–Kier alpha value is -3.77. The highest BCUT2D eigenvalue weighted by Crippen LogP contribution is 2.32. The molecule has 9 heteroatoms. The quantitative estimate of drug-likeness (QED) is 0.326. The van der Waals surface area contributed by atoms with Crippen LogP contribution in [0.2, 0.25) is 0 Å². The fourth-order valence-electron chi connectivity index (χ4n) is 2.69. The van der Waals surface area contributed by atoms with Gasteiger partial charge in [-0.3, -0.25) is 14.9 Å². The topological polar surface area (TPSA) is 115 Å². The van der Waals surface area contributed by atoms with Gasteiger partial charge in [0.25, 0.3) is 0 Å². The van der Waals surface area contributed by atoms with Crippen LogP contribution in [0.3, 0.4) is 0 Å². The first kappa shape index (κ1) is 20.0. The number of carbonyl (C=O) groups excluding carboxylic acids is 1. The highest BCUT2D eigenvalue weighted by atomic mass is 32.1. The van der Waals surface area contributed by atoms with Crippen molar-refractivity contribution in [3.05, 3.63) is 68.5 Å². The molecular weight excluding hydrogens is 394 g/mol. The molecule has 0 saturated heterocycles. The smallest absolute Gasteiger partial charge is 0.311 e. The number of nitro benzene ring substituents is 1. The Labute approximate surface area is 170 Å². The van der Waals surface area contributed by atoms with Gasteiger partial charge in [-0.05, 0) is 36.4 Å². The summed E-state index contributed by atoms with van der Waals surface area (Å²) in [5, 5.41) is 22.8. The minimum absolute atomic E-state index is 0.0381. The number of carbonyl (C=O) groups is 1. The van der Waals surface area contributed by atoms with Crippen molar-refractivity contribution in [3.63, 3.8) is 0 Å². The fourth-order valence-corrected chi connectivity index (χ4v) is 3.56. The number of nitriles is 1. The first-order valence-electron chi connectivity index (χ1n) is 8.34. The second-order valence-electron chi connectivity index (χ2n) is 5.87. The Morgan fingerprint density at radius 1 is 1.21 bits per heavy atom. The van der Waals surface area contributed by atoms with E-state index in [2.05, 4.69) is 4.98 Å². The number of benzene rings is 2. The Balaban J connectivity index is 1.91. The molecule has 8 nitrogen and oxygen atoms in total. The van der Waals surface area contributed by atoms with E-state index in [1.54, 1.807) is 24.6 Å². The zero-order valence-electron chi connectivity index (χ0n) is 15.5. The van der Waals surface area contributed by atoms with Gasteiger partial charge < -0.3 is 9.47 Å². The number of ketones is 1. The Bertz CT molecular complexity index is 1100. The van der Waals surface area contributed by atoms with Gasteiger partial charge in [0, 0.05) is 22.6 Å². The average Bonchev–Trinajstić information content (AvgIpc) is 3.23. The van der Waals surface area contributed by atoms with Gasteiger partial charge in [-0.25, -0.2) is 4.98 Å². The lowest BCUT2D eigenvalue weighted by Crippen LogP contribution is -2.11. The van der Waals surface area contributed by atoms with Crippen LogP contribution in [0.4, 0.5) is 5.69 Å². The second kappa shape index (κ2) is 8.50. The van der Waals surface area contributed by atoms with E-state index in [1.165, 1.54) is 30.6 Å². The molecular formula is C20H15N3O5S. The van der Waals surface area contributed by atoms with Crippen LogP contribution in [0.25, 0.3) is 11.3 Å². The van der Waals surface area contributed by atoms with E-state index < -0.39 is 16.6 Å². The first-order valence-corrected chi connectivity index (χ1v) is 9.22. The Morgan fingerprint density at radius 2 is 1.93 bits per heavy atom. The van der Waals surface area contributed by atoms with Crippen molar-refractivity contribution < 1.29 is 19.2 Å². The van der Waals surface area contributed by atoms with E-state index in [0.29, 0.717) is 16.5 Å². The normalized spacial score (nSPS) is 11.3. The number of Topliss-reactive ketones (excluding diaryl/α,β-unsaturated/α-hetero) is 1. The Kier molecular flexibility index (Phi) is 5.85. The molecule has 146 valence electrons. The fraction of sp³-hybridized carbons (Fsp3) is 0.150. The van der Waals surface area contributed by atoms with Gasteiger partial charge in [-0.15, -0.1) is 11.3 Å². The van der Waals surface area contributed by atoms with Crippen LogP contribution in [-0.4, -0.2) is 29.9 Å². The van der Waals surface area contributed by atoms with Crippen LogP contribution in [0.15, 0.2) is 47.8 Å². The molecule has 0 saturated carbocycles. The first-order chi connectivity index (χ1) is 14.0. The van der Waals surface area contributed by atoms with E-state index in [0.717, 1.165) is 11.6 Å². The molecule has 0 aliphatic rings. The number of hydrogen-bond donors (Lipinski definition) is 0. The standard InChI is InChI=1S/C20H15N3O5S/c1-27-14-6-3-12(4-7-14)16-11-29-20(22-16)15(10-21)19(24)13-5-8-18(28-2)17(9-13)23(25)26/h3-9,11,15H,1-2H3. The van der Waals surface area contributed by atoms with Gasteiger partial charge in [0.05, 0.1) is 30.9 Å². The van der Waals surface area contributed by atoms with E-state index in [-0.39, 0.29) is 17.0 Å². The Morgan fingerprint density at radius 3 is 2.52 bits per heavy atom. The monoisotopic (exact) mass is 409 g/mol. The molecule has 0 aliphatic carbocycles. The van der Waals surface area contributed by atoms with Crippen molar-refractivity contribution in [1.29, 1.82) is 5.26 Å². The molecule has 2 aromatic carbocycles. The average molecular weight is 409 g/mol. The SMILES string of the molecule is COc1ccc(-c2csc(C(C#N)C(=O)c3ccc(OC)c([N+](=O)[O-])c3)n2)cc1. The van der Waals surface area contributed by atoms with Gasteiger partial charge in [0.15, 0.2) is 17.5 Å². The molecule has 0 N–H and O–H groups in total. The van der Waals surface area contributed by atoms with Gasteiger partial charge in [-0.1, -0.05) is 0 Å². The molecule has 0 bridgehead atoms. The molecule has 0 aliphatic heterocycles. The summed E-state index contributed by atoms with van der Waals surface area (Å²) in [6.07, 6.45) is 0. The molecule has 0 radical (unpaired) electrons. The number of nitrogens with zero attached hydrogens (tertiary/aromatic N) is 3. The summed E-state index contributed by atoms with van der Waals surface area (Å²) in [5.41, 5.74) is 1.15. The third-order valence-electron chi connectivity index (χ3n) is 4.21. The summed E-state index contributed by atoms with van der Waals surface area (Å²) in [4.78, 5) is 27.8. The van der Waals surface area contributed by atoms with Gasteiger partial charge in [0.1, 0.15) is 10.8 Å². The summed E-state index contributed by atoms with van der Waals surface area (Å²) in [6.45, 7) is 0. The molecule has 1 unspecified atom stereocenters. The number of aromatic nitrogens is 1. The lowest BCUT2D eigenvalue weighted by Gasteiger charge is -2.07. The molecule has 29 heavy (non-hydrogen) atoms. The largest absolute Gasteiger partial charge is 0.497 e. The van der Waals surface area contributed by atoms with Gasteiger partial charge in [0.2, 0.25) is 0 Å². The maximum absolute atomic E-state index is 12.8. The zero-order valence-corrected chi connectivity index (χ0v) is 16.3. The number of ether oxygens (including phenoxy) is 2. The van der Waals surface area contributed by atoms with Crippen molar-refractivity contribution in [2.24, 2.45) is 0 Å². The molecule has 0 fully saturated rings. The zero-order chi connectivity index (χ0) is 21.0. The lowest BCUT2D eigenvalue weighted by molar-refractivity contribution is -0.385. The molecule has 1 atom stereocenters. The van der Waals surface area contributed by atoms with E-state index in [1.807, 2.05) is 18.2 Å². The number of nitro groups is 1. The van der Waals surface area contributed by atoms with Crippen molar-refractivity contribution in [2.45, 2.75) is 5.92 Å². The van der Waals surface area contributed by atoms with Crippen LogP contribution >= 0.6 is 11.3 Å². The van der Waals surface area contributed by atoms with E-state index >= 15 is 0 Å². The van der Waals surface area contributed by atoms with Crippen LogP contribution in [0.1, 0.15) is 21.3 Å². The third kappa shape index (κ3) is 4.07. The predicted molar refractivity (Wildman–Crippen MR) is 106 cm³/mol. The van der Waals surface area contributed by atoms with Crippen LogP contribution in [0, 0.1) is 21.4 Å². The number of hydrogen-bond acceptors (Lipinski definition) is 8. The molecule has 1 aromatic heterocycles. The van der Waals surface area contributed by atoms with Crippen molar-refractivity contribution in [3.8, 4) is 28.8 Å². The van der Waals surface area contributed by atoms with E-state index in [4.69, 9.17) is 9.47 Å². The summed E-state index contributed by atoms with van der Waals surface area (Å²) in [6, 6.07) is 13.0. The van der Waals surface area contributed by atoms with E-state index in [9.17, 15) is 20.2 Å². The van der Waals surface area contributed by atoms with Crippen LogP contribution in [-0.2, 0) is 0 Å². The summed E-state index contributed by atoms with van der Waals surface area (Å²) < 4.78 is 10.1. The number of methoxy groups -OCH3 is 2.